The smallest absolute Gasteiger partial charge is 0.134 e. The molecule has 5 heteroatoms. The fraction of sp³-hybridized carbons (Fsp3) is 0.562. The number of nitrogens with zero attached hydrogens (tertiary/aromatic N) is 2. The van der Waals surface area contributed by atoms with Gasteiger partial charge in [0.05, 0.1) is 22.7 Å². The van der Waals surface area contributed by atoms with Gasteiger partial charge in [0.25, 0.3) is 0 Å². The Labute approximate surface area is 130 Å². The van der Waals surface area contributed by atoms with Gasteiger partial charge in [-0.2, -0.15) is 5.10 Å². The van der Waals surface area contributed by atoms with Crippen molar-refractivity contribution in [2.24, 2.45) is 0 Å². The van der Waals surface area contributed by atoms with E-state index >= 15 is 0 Å². The molecule has 1 saturated carbocycles. The van der Waals surface area contributed by atoms with Gasteiger partial charge in [-0.05, 0) is 58.2 Å². The first-order valence-corrected chi connectivity index (χ1v) is 8.74. The van der Waals surface area contributed by atoms with Gasteiger partial charge < -0.3 is 9.64 Å². The third-order valence-corrected chi connectivity index (χ3v) is 5.24. The van der Waals surface area contributed by atoms with E-state index in [1.807, 2.05) is 6.20 Å². The van der Waals surface area contributed by atoms with Crippen molar-refractivity contribution in [2.75, 3.05) is 20.4 Å². The van der Waals surface area contributed by atoms with E-state index < -0.39 is 0 Å². The number of hydrogen-bond donors (Lipinski definition) is 1. The summed E-state index contributed by atoms with van der Waals surface area (Å²) in [6.07, 6.45) is 9.05. The molecule has 0 aliphatic heterocycles. The van der Waals surface area contributed by atoms with Gasteiger partial charge in [-0.25, -0.2) is 0 Å². The summed E-state index contributed by atoms with van der Waals surface area (Å²) in [6, 6.07) is 4.84. The first-order valence-electron chi connectivity index (χ1n) is 7.52. The van der Waals surface area contributed by atoms with Crippen LogP contribution in [0.4, 0.5) is 0 Å². The van der Waals surface area contributed by atoms with Crippen molar-refractivity contribution in [1.29, 1.82) is 0 Å². The van der Waals surface area contributed by atoms with E-state index in [9.17, 15) is 0 Å². The molecule has 0 spiro atoms. The van der Waals surface area contributed by atoms with Gasteiger partial charge in [-0.15, -0.1) is 11.8 Å². The largest absolute Gasteiger partial charge is 0.489 e. The highest BCUT2D eigenvalue weighted by Gasteiger charge is 2.24. The van der Waals surface area contributed by atoms with Crippen molar-refractivity contribution >= 4 is 22.7 Å². The maximum Gasteiger partial charge on any atom is 0.134 e. The Morgan fingerprint density at radius 2 is 2.00 bits per heavy atom. The van der Waals surface area contributed by atoms with Crippen molar-refractivity contribution < 1.29 is 4.74 Å². The zero-order valence-corrected chi connectivity index (χ0v) is 13.7. The van der Waals surface area contributed by atoms with E-state index in [2.05, 4.69) is 47.6 Å². The van der Waals surface area contributed by atoms with Gasteiger partial charge in [0.15, 0.2) is 0 Å². The molecule has 1 aliphatic carbocycles. The molecule has 1 N–H and O–H groups in total. The predicted molar refractivity (Wildman–Crippen MR) is 88.2 cm³/mol. The maximum atomic E-state index is 6.30. The lowest BCUT2D eigenvalue weighted by atomic mass is 9.92. The van der Waals surface area contributed by atoms with Crippen LogP contribution in [0.1, 0.15) is 25.7 Å². The highest BCUT2D eigenvalue weighted by atomic mass is 32.2. The fourth-order valence-electron chi connectivity index (χ4n) is 3.13. The number of fused-ring (bicyclic) bond motifs is 1. The van der Waals surface area contributed by atoms with E-state index in [-0.39, 0.29) is 0 Å². The topological polar surface area (TPSA) is 41.1 Å². The average molecular weight is 305 g/mol. The summed E-state index contributed by atoms with van der Waals surface area (Å²) in [5, 5.41) is 8.30. The Hall–Kier alpha value is -1.20. The molecule has 0 bridgehead atoms. The number of benzene rings is 1. The van der Waals surface area contributed by atoms with Crippen molar-refractivity contribution in [3.63, 3.8) is 0 Å². The molecule has 3 rings (SSSR count). The molecule has 0 atom stereocenters. The molecule has 0 unspecified atom stereocenters. The minimum Gasteiger partial charge on any atom is -0.489 e. The van der Waals surface area contributed by atoms with Crippen LogP contribution in [-0.2, 0) is 0 Å². The second-order valence-corrected chi connectivity index (χ2v) is 6.76. The molecular weight excluding hydrogens is 282 g/mol. The number of ether oxygens (including phenoxy) is 1. The summed E-state index contributed by atoms with van der Waals surface area (Å²) >= 11 is 1.73. The molecule has 2 aromatic rings. The van der Waals surface area contributed by atoms with Crippen LogP contribution >= 0.6 is 11.8 Å². The number of thioether (sulfide) groups is 1. The summed E-state index contributed by atoms with van der Waals surface area (Å²) in [6.45, 7) is 0. The number of aromatic nitrogens is 2. The number of hydrogen-bond acceptors (Lipinski definition) is 4. The van der Waals surface area contributed by atoms with Gasteiger partial charge in [-0.3, -0.25) is 5.10 Å². The fourth-order valence-corrected chi connectivity index (χ4v) is 3.83. The molecule has 0 radical (unpaired) electrons. The number of nitrogens with one attached hydrogen (secondary N) is 1. The van der Waals surface area contributed by atoms with Crippen LogP contribution in [0.3, 0.4) is 0 Å². The highest BCUT2D eigenvalue weighted by molar-refractivity contribution is 7.99. The zero-order valence-electron chi connectivity index (χ0n) is 12.9. The Kier molecular flexibility index (Phi) is 4.40. The minimum absolute atomic E-state index is 0.344. The molecule has 1 aromatic carbocycles. The van der Waals surface area contributed by atoms with Crippen LogP contribution in [0.25, 0.3) is 10.9 Å². The molecule has 4 nitrogen and oxygen atoms in total. The van der Waals surface area contributed by atoms with E-state index in [1.165, 1.54) is 17.7 Å². The number of H-pyrrole nitrogens is 1. The van der Waals surface area contributed by atoms with E-state index in [0.29, 0.717) is 12.1 Å². The lowest BCUT2D eigenvalue weighted by molar-refractivity contribution is 0.109. The molecule has 0 amide bonds. The second kappa shape index (κ2) is 6.28. The van der Waals surface area contributed by atoms with Crippen LogP contribution in [0.15, 0.2) is 23.2 Å². The quantitative estimate of drug-likeness (QED) is 0.877. The standard InChI is InChI=1S/C16H23N3OS/c1-19(2)11-4-6-12(7-5-11)20-15-9-8-14-13(10-17-18-14)16(15)21-3/h8-12H,4-7H2,1-3H3,(H,17,18)/t11-,12+. The summed E-state index contributed by atoms with van der Waals surface area (Å²) in [5.74, 6) is 1.00. The van der Waals surface area contributed by atoms with Crippen LogP contribution in [0.2, 0.25) is 0 Å². The van der Waals surface area contributed by atoms with Gasteiger partial charge in [0.1, 0.15) is 5.75 Å². The van der Waals surface area contributed by atoms with Crippen LogP contribution in [-0.4, -0.2) is 47.6 Å². The second-order valence-electron chi connectivity index (χ2n) is 5.94. The van der Waals surface area contributed by atoms with Crippen LogP contribution in [0, 0.1) is 0 Å². The van der Waals surface area contributed by atoms with Gasteiger partial charge in [0.2, 0.25) is 0 Å². The van der Waals surface area contributed by atoms with E-state index in [4.69, 9.17) is 4.74 Å². The molecule has 1 aromatic heterocycles. The van der Waals surface area contributed by atoms with Crippen LogP contribution < -0.4 is 4.74 Å². The Balaban J connectivity index is 1.73. The number of rotatable bonds is 4. The van der Waals surface area contributed by atoms with Crippen LogP contribution in [0.5, 0.6) is 5.75 Å². The third-order valence-electron chi connectivity index (χ3n) is 4.41. The Morgan fingerprint density at radius 3 is 2.67 bits per heavy atom. The van der Waals surface area contributed by atoms with Crippen molar-refractivity contribution in [2.45, 2.75) is 42.7 Å². The zero-order chi connectivity index (χ0) is 14.8. The normalized spacial score (nSPS) is 22.9. The summed E-state index contributed by atoms with van der Waals surface area (Å²) in [4.78, 5) is 3.53. The lowest BCUT2D eigenvalue weighted by Gasteiger charge is -2.33. The summed E-state index contributed by atoms with van der Waals surface area (Å²) in [7, 11) is 4.34. The third kappa shape index (κ3) is 3.04. The molecule has 114 valence electrons. The van der Waals surface area contributed by atoms with Gasteiger partial charge in [0, 0.05) is 11.4 Å². The highest BCUT2D eigenvalue weighted by Crippen LogP contribution is 2.36. The molecule has 1 fully saturated rings. The average Bonchev–Trinajstić information content (AvgIpc) is 2.96. The first-order chi connectivity index (χ1) is 10.2. The molecule has 21 heavy (non-hydrogen) atoms. The van der Waals surface area contributed by atoms with E-state index in [0.717, 1.165) is 29.5 Å². The van der Waals surface area contributed by atoms with Gasteiger partial charge in [-0.1, -0.05) is 0 Å². The molecular formula is C16H23N3OS. The first kappa shape index (κ1) is 14.7. The minimum atomic E-state index is 0.344. The maximum absolute atomic E-state index is 6.30. The molecule has 0 saturated heterocycles. The van der Waals surface area contributed by atoms with E-state index in [1.54, 1.807) is 11.8 Å². The van der Waals surface area contributed by atoms with Gasteiger partial charge >= 0.3 is 0 Å². The number of aromatic amines is 1. The summed E-state index contributed by atoms with van der Waals surface area (Å²) < 4.78 is 6.30. The Morgan fingerprint density at radius 1 is 1.24 bits per heavy atom. The Bertz CT molecular complexity index is 603. The molecule has 1 aliphatic rings. The van der Waals surface area contributed by atoms with Crippen molar-refractivity contribution in [3.05, 3.63) is 18.3 Å². The monoisotopic (exact) mass is 305 g/mol. The summed E-state index contributed by atoms with van der Waals surface area (Å²) in [5.41, 5.74) is 1.07. The van der Waals surface area contributed by atoms with Crippen molar-refractivity contribution in [1.82, 2.24) is 15.1 Å². The van der Waals surface area contributed by atoms with Crippen molar-refractivity contribution in [3.8, 4) is 5.75 Å². The predicted octanol–water partition coefficient (Wildman–Crippen LogP) is 3.54. The SMILES string of the molecule is CSc1c(O[C@H]2CC[C@@H](N(C)C)CC2)ccc2[nH]ncc12. The lowest BCUT2D eigenvalue weighted by Crippen LogP contribution is -2.35. The molecule has 1 heterocycles.